The van der Waals surface area contributed by atoms with Crippen LogP contribution in [0.2, 0.25) is 0 Å². The smallest absolute Gasteiger partial charge is 0.144 e. The molecule has 2 N–H and O–H groups in total. The second-order valence-corrected chi connectivity index (χ2v) is 3.24. The van der Waals surface area contributed by atoms with Crippen LogP contribution in [0.5, 0.6) is 0 Å². The summed E-state index contributed by atoms with van der Waals surface area (Å²) in [6, 6.07) is 0. The van der Waals surface area contributed by atoms with Gasteiger partial charge in [0.15, 0.2) is 0 Å². The molecule has 62 valence electrons. The predicted octanol–water partition coefficient (Wildman–Crippen LogP) is 1.39. The normalized spacial score (nSPS) is 24.3. The first kappa shape index (κ1) is 8.34. The Morgan fingerprint density at radius 2 is 2.18 bits per heavy atom. The molecule has 0 amide bonds. The first-order chi connectivity index (χ1) is 5.09. The predicted molar refractivity (Wildman–Crippen MR) is 45.8 cm³/mol. The van der Waals surface area contributed by atoms with Gasteiger partial charge in [0.1, 0.15) is 6.23 Å². The summed E-state index contributed by atoms with van der Waals surface area (Å²) in [6.07, 6.45) is 3.41. The lowest BCUT2D eigenvalue weighted by atomic mass is 9.99. The van der Waals surface area contributed by atoms with Gasteiger partial charge in [-0.25, -0.2) is 0 Å². The summed E-state index contributed by atoms with van der Waals surface area (Å²) >= 11 is 0. The number of rotatable bonds is 1. The van der Waals surface area contributed by atoms with E-state index in [2.05, 4.69) is 25.2 Å². The Morgan fingerprint density at radius 3 is 2.64 bits per heavy atom. The first-order valence-corrected chi connectivity index (χ1v) is 3.94. The average Bonchev–Trinajstić information content (AvgIpc) is 1.85. The van der Waals surface area contributed by atoms with E-state index >= 15 is 0 Å². The quantitative estimate of drug-likeness (QED) is 0.596. The van der Waals surface area contributed by atoms with Gasteiger partial charge in [-0.2, -0.15) is 0 Å². The van der Waals surface area contributed by atoms with Crippen molar-refractivity contribution in [2.75, 3.05) is 0 Å². The van der Waals surface area contributed by atoms with Crippen molar-refractivity contribution in [2.24, 2.45) is 5.92 Å². The van der Waals surface area contributed by atoms with Crippen LogP contribution >= 0.6 is 0 Å². The van der Waals surface area contributed by atoms with Crippen LogP contribution in [-0.4, -0.2) is 11.3 Å². The van der Waals surface area contributed by atoms with Crippen LogP contribution < -0.4 is 5.32 Å². The van der Waals surface area contributed by atoms with Crippen LogP contribution in [0.3, 0.4) is 0 Å². The summed E-state index contributed by atoms with van der Waals surface area (Å²) in [6.45, 7) is 6.19. The van der Waals surface area contributed by atoms with Crippen molar-refractivity contribution in [1.29, 1.82) is 0 Å². The fourth-order valence-electron chi connectivity index (χ4n) is 1.16. The van der Waals surface area contributed by atoms with E-state index in [1.54, 1.807) is 0 Å². The molecule has 1 atom stereocenters. The molecule has 0 aromatic carbocycles. The lowest BCUT2D eigenvalue weighted by Gasteiger charge is -2.20. The highest BCUT2D eigenvalue weighted by molar-refractivity contribution is 5.28. The Hall–Kier alpha value is -0.760. The maximum Gasteiger partial charge on any atom is 0.144 e. The van der Waals surface area contributed by atoms with Crippen molar-refractivity contribution in [3.63, 3.8) is 0 Å². The van der Waals surface area contributed by atoms with Gasteiger partial charge in [0.05, 0.1) is 0 Å². The van der Waals surface area contributed by atoms with Gasteiger partial charge in [-0.05, 0) is 30.6 Å². The van der Waals surface area contributed by atoms with Crippen LogP contribution in [0.15, 0.2) is 23.4 Å². The summed E-state index contributed by atoms with van der Waals surface area (Å²) in [4.78, 5) is 0. The largest absolute Gasteiger partial charge is 0.370 e. The minimum atomic E-state index is -0.502. The third kappa shape index (κ3) is 2.09. The molecule has 0 fully saturated rings. The molecule has 2 heteroatoms. The number of aliphatic hydroxyl groups is 1. The van der Waals surface area contributed by atoms with E-state index in [9.17, 15) is 5.11 Å². The molecule has 11 heavy (non-hydrogen) atoms. The van der Waals surface area contributed by atoms with Crippen LogP contribution in [0.4, 0.5) is 0 Å². The zero-order valence-electron chi connectivity index (χ0n) is 7.26. The minimum Gasteiger partial charge on any atom is -0.370 e. The lowest BCUT2D eigenvalue weighted by molar-refractivity contribution is 0.194. The van der Waals surface area contributed by atoms with Crippen LogP contribution in [0.25, 0.3) is 0 Å². The average molecular weight is 153 g/mol. The fourth-order valence-corrected chi connectivity index (χ4v) is 1.16. The molecule has 1 heterocycles. The molecular weight excluding hydrogens is 138 g/mol. The Kier molecular flexibility index (Phi) is 2.35. The maximum atomic E-state index is 9.27. The van der Waals surface area contributed by atoms with Crippen molar-refractivity contribution in [2.45, 2.75) is 27.0 Å². The Balaban J connectivity index is 2.78. The molecule has 0 saturated heterocycles. The molecule has 0 aliphatic carbocycles. The number of hydrogen-bond donors (Lipinski definition) is 2. The van der Waals surface area contributed by atoms with Gasteiger partial charge in [0.2, 0.25) is 0 Å². The molecule has 0 saturated carbocycles. The summed E-state index contributed by atoms with van der Waals surface area (Å²) < 4.78 is 0. The van der Waals surface area contributed by atoms with Crippen molar-refractivity contribution in [3.05, 3.63) is 23.4 Å². The third-order valence-corrected chi connectivity index (χ3v) is 1.78. The summed E-state index contributed by atoms with van der Waals surface area (Å²) in [5.41, 5.74) is 2.23. The molecule has 0 radical (unpaired) electrons. The number of hydrogen-bond acceptors (Lipinski definition) is 2. The van der Waals surface area contributed by atoms with E-state index in [0.29, 0.717) is 5.92 Å². The van der Waals surface area contributed by atoms with Crippen molar-refractivity contribution < 1.29 is 5.11 Å². The number of allylic oxidation sites excluding steroid dienone is 3. The third-order valence-electron chi connectivity index (χ3n) is 1.78. The van der Waals surface area contributed by atoms with Crippen LogP contribution in [-0.2, 0) is 0 Å². The van der Waals surface area contributed by atoms with Gasteiger partial charge in [0.25, 0.3) is 0 Å². The van der Waals surface area contributed by atoms with Gasteiger partial charge in [0, 0.05) is 5.70 Å². The number of dihydropyridines is 1. The first-order valence-electron chi connectivity index (χ1n) is 3.94. The Bertz CT molecular complexity index is 204. The monoisotopic (exact) mass is 153 g/mol. The van der Waals surface area contributed by atoms with E-state index in [1.165, 1.54) is 5.57 Å². The molecule has 1 aliphatic rings. The van der Waals surface area contributed by atoms with Crippen LogP contribution in [0.1, 0.15) is 20.8 Å². The topological polar surface area (TPSA) is 32.3 Å². The summed E-state index contributed by atoms with van der Waals surface area (Å²) in [7, 11) is 0. The van der Waals surface area contributed by atoms with Gasteiger partial charge >= 0.3 is 0 Å². The van der Waals surface area contributed by atoms with E-state index in [1.807, 2.05) is 13.0 Å². The molecular formula is C9H15NO. The van der Waals surface area contributed by atoms with Crippen molar-refractivity contribution in [1.82, 2.24) is 5.32 Å². The molecule has 2 nitrogen and oxygen atoms in total. The second-order valence-electron chi connectivity index (χ2n) is 3.24. The summed E-state index contributed by atoms with van der Waals surface area (Å²) in [5.74, 6) is 0.488. The second kappa shape index (κ2) is 3.09. The Morgan fingerprint density at radius 1 is 1.55 bits per heavy atom. The number of aliphatic hydroxyl groups excluding tert-OH is 1. The molecule has 0 aromatic rings. The summed E-state index contributed by atoms with van der Waals surface area (Å²) in [5, 5.41) is 12.2. The van der Waals surface area contributed by atoms with Gasteiger partial charge < -0.3 is 10.4 Å². The van der Waals surface area contributed by atoms with Crippen molar-refractivity contribution in [3.8, 4) is 0 Å². The highest BCUT2D eigenvalue weighted by Crippen LogP contribution is 2.16. The molecule has 0 spiro atoms. The van der Waals surface area contributed by atoms with E-state index in [-0.39, 0.29) is 0 Å². The fraction of sp³-hybridized carbons (Fsp3) is 0.556. The molecule has 1 aliphatic heterocycles. The minimum absolute atomic E-state index is 0.488. The van der Waals surface area contributed by atoms with Gasteiger partial charge in [-0.15, -0.1) is 0 Å². The van der Waals surface area contributed by atoms with Gasteiger partial charge in [-0.1, -0.05) is 13.8 Å². The lowest BCUT2D eigenvalue weighted by Crippen LogP contribution is -2.28. The molecule has 0 aromatic heterocycles. The SMILES string of the molecule is CC1=CC(C(C)C)=CC(O)N1. The molecule has 0 bridgehead atoms. The van der Waals surface area contributed by atoms with E-state index in [4.69, 9.17) is 0 Å². The highest BCUT2D eigenvalue weighted by Gasteiger charge is 2.10. The zero-order chi connectivity index (χ0) is 8.43. The number of nitrogens with one attached hydrogen (secondary N) is 1. The van der Waals surface area contributed by atoms with E-state index < -0.39 is 6.23 Å². The van der Waals surface area contributed by atoms with Crippen LogP contribution in [0, 0.1) is 5.92 Å². The molecule has 1 unspecified atom stereocenters. The highest BCUT2D eigenvalue weighted by atomic mass is 16.3. The zero-order valence-corrected chi connectivity index (χ0v) is 7.26. The van der Waals surface area contributed by atoms with Gasteiger partial charge in [-0.3, -0.25) is 0 Å². The Labute approximate surface area is 67.6 Å². The standard InChI is InChI=1S/C9H15NO/c1-6(2)8-4-7(3)10-9(11)5-8/h4-6,9-11H,1-3H3. The van der Waals surface area contributed by atoms with E-state index in [0.717, 1.165) is 5.70 Å². The molecule has 1 rings (SSSR count). The maximum absolute atomic E-state index is 9.27. The van der Waals surface area contributed by atoms with Crippen molar-refractivity contribution >= 4 is 0 Å².